The number of piperidine rings is 1. The average molecular weight is 547 g/mol. The van der Waals surface area contributed by atoms with Gasteiger partial charge in [-0.05, 0) is 99.0 Å². The molecule has 5 fully saturated rings. The van der Waals surface area contributed by atoms with Gasteiger partial charge >= 0.3 is 0 Å². The number of hydrogen-bond acceptors (Lipinski definition) is 7. The molecule has 7 rings (SSSR count). The van der Waals surface area contributed by atoms with Crippen molar-refractivity contribution in [2.75, 3.05) is 19.7 Å². The summed E-state index contributed by atoms with van der Waals surface area (Å²) in [5, 5.41) is 10.7. The Morgan fingerprint density at radius 2 is 1.73 bits per heavy atom. The van der Waals surface area contributed by atoms with Gasteiger partial charge < -0.3 is 25.6 Å². The second kappa shape index (κ2) is 10.9. The SMILES string of the molecule is Cl.NC(=O)C1(COc2noc(C(=O)NC3C4CC5CC(C4)CC3C5)c2Sc2ccccc2)CCNCC1. The highest BCUT2D eigenvalue weighted by atomic mass is 35.5. The van der Waals surface area contributed by atoms with E-state index in [2.05, 4.69) is 15.8 Å². The van der Waals surface area contributed by atoms with Crippen molar-refractivity contribution in [1.82, 2.24) is 15.8 Å². The van der Waals surface area contributed by atoms with Crippen LogP contribution in [-0.2, 0) is 4.79 Å². The molecule has 0 unspecified atom stereocenters. The molecule has 0 spiro atoms. The highest BCUT2D eigenvalue weighted by Crippen LogP contribution is 2.53. The Bertz CT molecular complexity index is 1090. The fourth-order valence-electron chi connectivity index (χ4n) is 7.15. The molecule has 8 nitrogen and oxygen atoms in total. The monoisotopic (exact) mass is 546 g/mol. The van der Waals surface area contributed by atoms with Crippen LogP contribution < -0.4 is 21.1 Å². The number of carbonyl (C=O) groups is 2. The molecule has 4 aliphatic carbocycles. The van der Waals surface area contributed by atoms with Gasteiger partial charge in [0.25, 0.3) is 11.8 Å². The molecule has 2 aromatic rings. The first-order valence-corrected chi connectivity index (χ1v) is 14.0. The summed E-state index contributed by atoms with van der Waals surface area (Å²) in [5.74, 6) is 2.59. The average Bonchev–Trinajstić information content (AvgIpc) is 3.28. The number of ether oxygens (including phenoxy) is 1. The fraction of sp³-hybridized carbons (Fsp3) is 0.593. The lowest BCUT2D eigenvalue weighted by molar-refractivity contribution is -0.131. The van der Waals surface area contributed by atoms with Gasteiger partial charge in [-0.15, -0.1) is 12.4 Å². The zero-order valence-electron chi connectivity index (χ0n) is 20.8. The number of hydrogen-bond donors (Lipinski definition) is 3. The van der Waals surface area contributed by atoms with Crippen LogP contribution >= 0.6 is 24.2 Å². The number of aromatic nitrogens is 1. The summed E-state index contributed by atoms with van der Waals surface area (Å²) in [4.78, 5) is 27.4. The predicted octanol–water partition coefficient (Wildman–Crippen LogP) is 4.04. The number of nitrogens with one attached hydrogen (secondary N) is 2. The standard InChI is InChI=1S/C27H34N4O4S.ClH/c28-26(33)27(6-8-29-9-7-27)15-34-25-23(36-20-4-2-1-3-5-20)22(35-31-25)24(32)30-21-18-11-16-10-17(13-18)14-19(21)12-16;/h1-5,16-19,21,29H,6-15H2,(H2,28,33)(H,30,32);1H. The summed E-state index contributed by atoms with van der Waals surface area (Å²) in [6.45, 7) is 1.52. The smallest absolute Gasteiger partial charge is 0.291 e. The van der Waals surface area contributed by atoms with Gasteiger partial charge in [0.2, 0.25) is 11.7 Å². The van der Waals surface area contributed by atoms with Crippen molar-refractivity contribution in [3.8, 4) is 5.88 Å². The maximum absolute atomic E-state index is 13.5. The molecule has 0 atom stereocenters. The zero-order valence-corrected chi connectivity index (χ0v) is 22.5. The molecule has 4 saturated carbocycles. The van der Waals surface area contributed by atoms with Crippen molar-refractivity contribution in [3.63, 3.8) is 0 Å². The number of carbonyl (C=O) groups excluding carboxylic acids is 2. The lowest BCUT2D eigenvalue weighted by atomic mass is 9.54. The number of primary amides is 1. The van der Waals surface area contributed by atoms with E-state index in [-0.39, 0.29) is 48.5 Å². The Labute approximate surface area is 227 Å². The molecule has 10 heteroatoms. The third kappa shape index (κ3) is 5.22. The number of amides is 2. The molecule has 37 heavy (non-hydrogen) atoms. The van der Waals surface area contributed by atoms with E-state index < -0.39 is 5.41 Å². The van der Waals surface area contributed by atoms with Crippen LogP contribution in [0.1, 0.15) is 55.5 Å². The van der Waals surface area contributed by atoms with Crippen LogP contribution in [0.15, 0.2) is 44.6 Å². The molecule has 1 aromatic heterocycles. The summed E-state index contributed by atoms with van der Waals surface area (Å²) < 4.78 is 11.7. The molecule has 1 aromatic carbocycles. The first-order chi connectivity index (χ1) is 17.5. The van der Waals surface area contributed by atoms with E-state index in [1.165, 1.54) is 43.9 Å². The zero-order chi connectivity index (χ0) is 24.7. The van der Waals surface area contributed by atoms with Crippen molar-refractivity contribution >= 4 is 36.0 Å². The quantitative estimate of drug-likeness (QED) is 0.457. The van der Waals surface area contributed by atoms with Gasteiger partial charge in [-0.3, -0.25) is 9.59 Å². The van der Waals surface area contributed by atoms with E-state index in [1.807, 2.05) is 30.3 Å². The number of halogens is 1. The first kappa shape index (κ1) is 26.4. The minimum atomic E-state index is -0.762. The summed E-state index contributed by atoms with van der Waals surface area (Å²) in [7, 11) is 0. The Hall–Kier alpha value is -2.23. The maximum Gasteiger partial charge on any atom is 0.291 e. The molecule has 1 aliphatic heterocycles. The highest BCUT2D eigenvalue weighted by molar-refractivity contribution is 7.99. The summed E-state index contributed by atoms with van der Waals surface area (Å²) in [6, 6.07) is 9.98. The van der Waals surface area contributed by atoms with Crippen LogP contribution in [0.4, 0.5) is 0 Å². The van der Waals surface area contributed by atoms with E-state index in [9.17, 15) is 9.59 Å². The van der Waals surface area contributed by atoms with E-state index in [0.717, 1.165) is 16.7 Å². The molecule has 2 heterocycles. The van der Waals surface area contributed by atoms with Crippen molar-refractivity contribution in [2.45, 2.75) is 60.8 Å². The van der Waals surface area contributed by atoms with Crippen molar-refractivity contribution in [1.29, 1.82) is 0 Å². The van der Waals surface area contributed by atoms with Crippen molar-refractivity contribution in [3.05, 3.63) is 36.1 Å². The van der Waals surface area contributed by atoms with Crippen LogP contribution in [0, 0.1) is 29.1 Å². The van der Waals surface area contributed by atoms with E-state index >= 15 is 0 Å². The molecule has 4 N–H and O–H groups in total. The fourth-order valence-corrected chi connectivity index (χ4v) is 8.09. The number of nitrogens with zero attached hydrogens (tertiary/aromatic N) is 1. The van der Waals surface area contributed by atoms with Gasteiger partial charge in [0.15, 0.2) is 0 Å². The predicted molar refractivity (Wildman–Crippen MR) is 142 cm³/mol. The minimum absolute atomic E-state index is 0. The van der Waals surface area contributed by atoms with E-state index in [4.69, 9.17) is 15.0 Å². The van der Waals surface area contributed by atoms with Crippen LogP contribution in [0.3, 0.4) is 0 Å². The topological polar surface area (TPSA) is 119 Å². The van der Waals surface area contributed by atoms with E-state index in [0.29, 0.717) is 42.7 Å². The van der Waals surface area contributed by atoms with Crippen LogP contribution in [0.25, 0.3) is 0 Å². The van der Waals surface area contributed by atoms with Gasteiger partial charge in [0, 0.05) is 10.9 Å². The van der Waals surface area contributed by atoms with Crippen LogP contribution in [0.5, 0.6) is 5.88 Å². The summed E-state index contributed by atoms with van der Waals surface area (Å²) >= 11 is 1.39. The Morgan fingerprint density at radius 3 is 2.35 bits per heavy atom. The van der Waals surface area contributed by atoms with Gasteiger partial charge in [0.05, 0.1) is 5.41 Å². The normalized spacial score (nSPS) is 29.4. The van der Waals surface area contributed by atoms with Crippen molar-refractivity contribution in [2.24, 2.45) is 34.8 Å². The summed E-state index contributed by atoms with van der Waals surface area (Å²) in [5.41, 5.74) is 5.02. The second-order valence-corrected chi connectivity index (χ2v) is 12.3. The van der Waals surface area contributed by atoms with Gasteiger partial charge in [-0.1, -0.05) is 30.0 Å². The largest absolute Gasteiger partial charge is 0.474 e. The maximum atomic E-state index is 13.5. The molecule has 0 radical (unpaired) electrons. The molecule has 2 amide bonds. The second-order valence-electron chi connectivity index (χ2n) is 11.2. The van der Waals surface area contributed by atoms with Gasteiger partial charge in [0.1, 0.15) is 11.5 Å². The molecule has 1 saturated heterocycles. The van der Waals surface area contributed by atoms with Gasteiger partial charge in [-0.2, -0.15) is 0 Å². The number of benzene rings is 1. The Morgan fingerprint density at radius 1 is 1.08 bits per heavy atom. The third-order valence-electron chi connectivity index (χ3n) is 8.88. The van der Waals surface area contributed by atoms with Gasteiger partial charge in [-0.25, -0.2) is 0 Å². The summed E-state index contributed by atoms with van der Waals surface area (Å²) in [6.07, 6.45) is 7.45. The first-order valence-electron chi connectivity index (χ1n) is 13.2. The molecule has 4 bridgehead atoms. The van der Waals surface area contributed by atoms with Crippen molar-refractivity contribution < 1.29 is 18.8 Å². The van der Waals surface area contributed by atoms with Crippen LogP contribution in [-0.4, -0.2) is 42.7 Å². The highest BCUT2D eigenvalue weighted by Gasteiger charge is 2.49. The number of rotatable bonds is 8. The Balaban J connectivity index is 0.00000280. The molecule has 5 aliphatic rings. The molecular formula is C27H35ClN4O4S. The lowest BCUT2D eigenvalue weighted by Gasteiger charge is -2.54. The van der Waals surface area contributed by atoms with E-state index in [1.54, 1.807) is 0 Å². The van der Waals surface area contributed by atoms with Crippen LogP contribution in [0.2, 0.25) is 0 Å². The third-order valence-corrected chi connectivity index (χ3v) is 9.95. The molecular weight excluding hydrogens is 512 g/mol. The Kier molecular flexibility index (Phi) is 7.75. The lowest BCUT2D eigenvalue weighted by Crippen LogP contribution is -2.55. The minimum Gasteiger partial charge on any atom is -0.474 e. The molecule has 200 valence electrons. The number of nitrogens with two attached hydrogens (primary N) is 1.